The van der Waals surface area contributed by atoms with E-state index >= 15 is 0 Å². The van der Waals surface area contributed by atoms with Gasteiger partial charge in [0, 0.05) is 18.6 Å². The molecule has 4 heterocycles. The highest BCUT2D eigenvalue weighted by molar-refractivity contribution is 7.16. The number of aryl methyl sites for hydroxylation is 1. The fourth-order valence-corrected chi connectivity index (χ4v) is 3.58. The number of carbonyl (C=O) groups is 1. The standard InChI is InChI=1S/C17H16N6OS/c1-11-14(25-17(19-11)22-8-5-6-9-22)16(24)18-12(2)15-21-20-13-7-3-4-10-23(13)15/h3-10,12H,1-2H3,(H,18,24). The number of hydrogen-bond acceptors (Lipinski definition) is 5. The van der Waals surface area contributed by atoms with Gasteiger partial charge in [-0.15, -0.1) is 10.2 Å². The Morgan fingerprint density at radius 2 is 1.92 bits per heavy atom. The molecule has 25 heavy (non-hydrogen) atoms. The van der Waals surface area contributed by atoms with E-state index in [9.17, 15) is 4.79 Å². The zero-order valence-corrected chi connectivity index (χ0v) is 14.6. The zero-order chi connectivity index (χ0) is 17.4. The topological polar surface area (TPSA) is 77.1 Å². The molecule has 0 fully saturated rings. The van der Waals surface area contributed by atoms with Gasteiger partial charge in [-0.25, -0.2) is 4.98 Å². The number of nitrogens with zero attached hydrogens (tertiary/aromatic N) is 5. The number of fused-ring (bicyclic) bond motifs is 1. The van der Waals surface area contributed by atoms with Crippen LogP contribution in [0.1, 0.15) is 34.2 Å². The molecular weight excluding hydrogens is 336 g/mol. The number of aromatic nitrogens is 5. The van der Waals surface area contributed by atoms with Crippen LogP contribution in [0.5, 0.6) is 0 Å². The van der Waals surface area contributed by atoms with Crippen molar-refractivity contribution < 1.29 is 4.79 Å². The van der Waals surface area contributed by atoms with Crippen LogP contribution in [-0.4, -0.2) is 30.1 Å². The molecule has 0 bridgehead atoms. The summed E-state index contributed by atoms with van der Waals surface area (Å²) >= 11 is 1.37. The Labute approximate surface area is 148 Å². The van der Waals surface area contributed by atoms with Crippen molar-refractivity contribution in [2.24, 2.45) is 0 Å². The quantitative estimate of drug-likeness (QED) is 0.613. The molecule has 0 radical (unpaired) electrons. The third-order valence-corrected chi connectivity index (χ3v) is 5.06. The minimum atomic E-state index is -0.276. The first-order valence-corrected chi connectivity index (χ1v) is 8.66. The number of hydrogen-bond donors (Lipinski definition) is 1. The molecule has 0 aliphatic rings. The molecule has 7 nitrogen and oxygen atoms in total. The van der Waals surface area contributed by atoms with Gasteiger partial charge in [-0.3, -0.25) is 9.20 Å². The summed E-state index contributed by atoms with van der Waals surface area (Å²) < 4.78 is 3.76. The van der Waals surface area contributed by atoms with Crippen molar-refractivity contribution in [1.82, 2.24) is 29.5 Å². The molecule has 8 heteroatoms. The van der Waals surface area contributed by atoms with Crippen LogP contribution in [-0.2, 0) is 0 Å². The monoisotopic (exact) mass is 352 g/mol. The molecule has 0 spiro atoms. The van der Waals surface area contributed by atoms with Crippen LogP contribution in [0.4, 0.5) is 0 Å². The molecule has 4 aromatic rings. The summed E-state index contributed by atoms with van der Waals surface area (Å²) in [6.45, 7) is 3.74. The minimum absolute atomic E-state index is 0.159. The zero-order valence-electron chi connectivity index (χ0n) is 13.7. The molecular formula is C17H16N6OS. The van der Waals surface area contributed by atoms with Gasteiger partial charge in [0.15, 0.2) is 16.6 Å². The Bertz CT molecular complexity index is 1030. The Morgan fingerprint density at radius 1 is 1.16 bits per heavy atom. The van der Waals surface area contributed by atoms with Crippen LogP contribution in [0.2, 0.25) is 0 Å². The summed E-state index contributed by atoms with van der Waals surface area (Å²) in [5, 5.41) is 12.1. The molecule has 0 saturated heterocycles. The second kappa shape index (κ2) is 6.14. The van der Waals surface area contributed by atoms with Crippen molar-refractivity contribution in [3.63, 3.8) is 0 Å². The SMILES string of the molecule is Cc1nc(-n2cccc2)sc1C(=O)NC(C)c1nnc2ccccn12. The first-order chi connectivity index (χ1) is 12.1. The van der Waals surface area contributed by atoms with Crippen LogP contribution < -0.4 is 5.32 Å². The average molecular weight is 352 g/mol. The first kappa shape index (κ1) is 15.5. The van der Waals surface area contributed by atoms with Crippen LogP contribution in [0.15, 0.2) is 48.9 Å². The first-order valence-electron chi connectivity index (χ1n) is 7.85. The third-order valence-electron chi connectivity index (χ3n) is 3.89. The maximum absolute atomic E-state index is 12.7. The van der Waals surface area contributed by atoms with Crippen molar-refractivity contribution >= 4 is 22.9 Å². The summed E-state index contributed by atoms with van der Waals surface area (Å²) in [5.41, 5.74) is 1.46. The van der Waals surface area contributed by atoms with Gasteiger partial charge in [0.25, 0.3) is 5.91 Å². The predicted octanol–water partition coefficient (Wildman–Crippen LogP) is 2.78. The largest absolute Gasteiger partial charge is 0.342 e. The number of pyridine rings is 1. The number of amides is 1. The van der Waals surface area contributed by atoms with Gasteiger partial charge >= 0.3 is 0 Å². The van der Waals surface area contributed by atoms with Crippen molar-refractivity contribution in [3.8, 4) is 5.13 Å². The van der Waals surface area contributed by atoms with Gasteiger partial charge in [0.1, 0.15) is 4.88 Å². The molecule has 1 unspecified atom stereocenters. The third kappa shape index (κ3) is 2.80. The molecule has 1 N–H and O–H groups in total. The second-order valence-corrected chi connectivity index (χ2v) is 6.66. The van der Waals surface area contributed by atoms with E-state index in [4.69, 9.17) is 0 Å². The lowest BCUT2D eigenvalue weighted by Gasteiger charge is -2.11. The molecule has 1 atom stereocenters. The molecule has 4 rings (SSSR count). The van der Waals surface area contributed by atoms with Gasteiger partial charge < -0.3 is 9.88 Å². The molecule has 0 aromatic carbocycles. The summed E-state index contributed by atoms with van der Waals surface area (Å²) in [5.74, 6) is 0.533. The Balaban J connectivity index is 1.58. The van der Waals surface area contributed by atoms with Crippen molar-refractivity contribution in [2.75, 3.05) is 0 Å². The van der Waals surface area contributed by atoms with Crippen LogP contribution in [0, 0.1) is 6.92 Å². The van der Waals surface area contributed by atoms with E-state index in [-0.39, 0.29) is 11.9 Å². The van der Waals surface area contributed by atoms with Gasteiger partial charge in [0.05, 0.1) is 11.7 Å². The smallest absolute Gasteiger partial charge is 0.263 e. The highest BCUT2D eigenvalue weighted by atomic mass is 32.1. The summed E-state index contributed by atoms with van der Waals surface area (Å²) in [4.78, 5) is 17.8. The lowest BCUT2D eigenvalue weighted by Crippen LogP contribution is -2.27. The Hall–Kier alpha value is -3.00. The van der Waals surface area contributed by atoms with E-state index in [1.165, 1.54) is 11.3 Å². The normalized spacial score (nSPS) is 12.4. The number of carbonyl (C=O) groups excluding carboxylic acids is 1. The fraction of sp³-hybridized carbons (Fsp3) is 0.176. The van der Waals surface area contributed by atoms with E-state index in [0.29, 0.717) is 16.4 Å². The van der Waals surface area contributed by atoms with E-state index in [2.05, 4.69) is 20.5 Å². The van der Waals surface area contributed by atoms with Gasteiger partial charge in [-0.05, 0) is 38.1 Å². The van der Waals surface area contributed by atoms with Gasteiger partial charge in [0.2, 0.25) is 0 Å². The molecule has 0 aliphatic carbocycles. The fourth-order valence-electron chi connectivity index (χ4n) is 2.65. The number of nitrogens with one attached hydrogen (secondary N) is 1. The Morgan fingerprint density at radius 3 is 2.72 bits per heavy atom. The maximum atomic E-state index is 12.7. The predicted molar refractivity (Wildman–Crippen MR) is 95.0 cm³/mol. The summed E-state index contributed by atoms with van der Waals surface area (Å²) in [6.07, 6.45) is 5.70. The summed E-state index contributed by atoms with van der Waals surface area (Å²) in [7, 11) is 0. The second-order valence-electron chi connectivity index (χ2n) is 5.68. The van der Waals surface area contributed by atoms with Crippen molar-refractivity contribution in [3.05, 3.63) is 65.3 Å². The van der Waals surface area contributed by atoms with Gasteiger partial charge in [-0.1, -0.05) is 17.4 Å². The highest BCUT2D eigenvalue weighted by Gasteiger charge is 2.20. The highest BCUT2D eigenvalue weighted by Crippen LogP contribution is 2.22. The van der Waals surface area contributed by atoms with Crippen LogP contribution in [0.3, 0.4) is 0 Å². The summed E-state index contributed by atoms with van der Waals surface area (Å²) in [6, 6.07) is 9.26. The molecule has 0 saturated carbocycles. The molecule has 0 aliphatic heterocycles. The minimum Gasteiger partial charge on any atom is -0.342 e. The average Bonchev–Trinajstić information content (AvgIpc) is 3.33. The lowest BCUT2D eigenvalue weighted by atomic mass is 10.3. The van der Waals surface area contributed by atoms with E-state index < -0.39 is 0 Å². The lowest BCUT2D eigenvalue weighted by molar-refractivity contribution is 0.0941. The van der Waals surface area contributed by atoms with E-state index in [1.54, 1.807) is 0 Å². The Kier molecular flexibility index (Phi) is 3.81. The molecule has 126 valence electrons. The van der Waals surface area contributed by atoms with Crippen molar-refractivity contribution in [2.45, 2.75) is 19.9 Å². The maximum Gasteiger partial charge on any atom is 0.263 e. The number of rotatable bonds is 4. The van der Waals surface area contributed by atoms with Crippen molar-refractivity contribution in [1.29, 1.82) is 0 Å². The number of thiazole rings is 1. The van der Waals surface area contributed by atoms with E-state index in [0.717, 1.165) is 10.8 Å². The molecule has 1 amide bonds. The molecule has 4 aromatic heterocycles. The van der Waals surface area contributed by atoms with Crippen LogP contribution in [0.25, 0.3) is 10.8 Å². The van der Waals surface area contributed by atoms with E-state index in [1.807, 2.05) is 71.7 Å². The van der Waals surface area contributed by atoms with Gasteiger partial charge in [-0.2, -0.15) is 0 Å². The van der Waals surface area contributed by atoms with Crippen LogP contribution >= 0.6 is 11.3 Å².